The Hall–Kier alpha value is -4.82. The van der Waals surface area contributed by atoms with E-state index in [2.05, 4.69) is 162 Å². The highest BCUT2D eigenvalue weighted by molar-refractivity contribution is 5.83. The van der Waals surface area contributed by atoms with Crippen LogP contribution in [0.2, 0.25) is 0 Å². The van der Waals surface area contributed by atoms with Gasteiger partial charge in [-0.2, -0.15) is 0 Å². The first-order chi connectivity index (χ1) is 23.8. The molecule has 0 saturated carbocycles. The maximum absolute atomic E-state index is 4.85. The highest BCUT2D eigenvalue weighted by atomic mass is 14.7. The molecule has 2 nitrogen and oxygen atoms in total. The van der Waals surface area contributed by atoms with E-state index in [1.165, 1.54) is 74.9 Å². The third kappa shape index (κ3) is 7.30. The molecule has 0 N–H and O–H groups in total. The molecule has 2 heteroatoms. The summed E-state index contributed by atoms with van der Waals surface area (Å²) < 4.78 is 0. The predicted octanol–water partition coefficient (Wildman–Crippen LogP) is 12.9. The van der Waals surface area contributed by atoms with Gasteiger partial charge in [-0.3, -0.25) is 9.97 Å². The number of rotatable bonds is 12. The first-order valence-electron chi connectivity index (χ1n) is 18.2. The zero-order valence-electron chi connectivity index (χ0n) is 30.2. The Morgan fingerprint density at radius 1 is 0.510 bits per heavy atom. The number of hydrogen-bond acceptors (Lipinski definition) is 2. The van der Waals surface area contributed by atoms with Gasteiger partial charge in [0.15, 0.2) is 0 Å². The standard InChI is InChI=1S/C47H50N2/c1-7-10-11-13-36-17-27-45(49-32-36)40-24-20-38(21-25-40)43-15-12-14-42(37-18-22-39(23-19-37)44-26-16-33(4)31-48-44)46(43)47(8-2,9-3)41-29-34(5)28-35(6)30-41/h12,14-32H,7-11,13H2,1-6H3. The van der Waals surface area contributed by atoms with Gasteiger partial charge in [0.1, 0.15) is 0 Å². The molecule has 0 amide bonds. The number of aromatic nitrogens is 2. The third-order valence-corrected chi connectivity index (χ3v) is 10.3. The van der Waals surface area contributed by atoms with Gasteiger partial charge in [-0.1, -0.05) is 142 Å². The van der Waals surface area contributed by atoms with Crippen LogP contribution in [0.1, 0.15) is 86.3 Å². The van der Waals surface area contributed by atoms with Gasteiger partial charge < -0.3 is 0 Å². The quantitative estimate of drug-likeness (QED) is 0.124. The summed E-state index contributed by atoms with van der Waals surface area (Å²) in [5.41, 5.74) is 17.1. The predicted molar refractivity (Wildman–Crippen MR) is 209 cm³/mol. The van der Waals surface area contributed by atoms with Crippen molar-refractivity contribution in [2.45, 2.75) is 85.5 Å². The minimum Gasteiger partial charge on any atom is -0.256 e. The summed E-state index contributed by atoms with van der Waals surface area (Å²) in [5.74, 6) is 0. The van der Waals surface area contributed by atoms with Crippen molar-refractivity contribution >= 4 is 0 Å². The molecule has 0 fully saturated rings. The summed E-state index contributed by atoms with van der Waals surface area (Å²) >= 11 is 0. The Balaban J connectivity index is 1.46. The highest BCUT2D eigenvalue weighted by Crippen LogP contribution is 2.48. The molecule has 248 valence electrons. The van der Waals surface area contributed by atoms with Crippen molar-refractivity contribution in [3.63, 3.8) is 0 Å². The summed E-state index contributed by atoms with van der Waals surface area (Å²) in [5, 5.41) is 0. The molecule has 4 aromatic carbocycles. The van der Waals surface area contributed by atoms with Crippen LogP contribution >= 0.6 is 0 Å². The van der Waals surface area contributed by atoms with Crippen LogP contribution in [0, 0.1) is 20.8 Å². The second kappa shape index (κ2) is 15.2. The van der Waals surface area contributed by atoms with Gasteiger partial charge in [0, 0.05) is 28.9 Å². The lowest BCUT2D eigenvalue weighted by atomic mass is 9.65. The molecule has 0 atom stereocenters. The molecule has 6 aromatic rings. The molecule has 49 heavy (non-hydrogen) atoms. The summed E-state index contributed by atoms with van der Waals surface area (Å²) in [4.78, 5) is 9.54. The van der Waals surface area contributed by atoms with Crippen LogP contribution < -0.4 is 0 Å². The molecular weight excluding hydrogens is 593 g/mol. The summed E-state index contributed by atoms with van der Waals surface area (Å²) in [6.45, 7) is 13.5. The lowest BCUT2D eigenvalue weighted by molar-refractivity contribution is 0.480. The second-order valence-corrected chi connectivity index (χ2v) is 13.8. The minimum atomic E-state index is -0.173. The molecule has 2 aromatic heterocycles. The summed E-state index contributed by atoms with van der Waals surface area (Å²) in [7, 11) is 0. The monoisotopic (exact) mass is 642 g/mol. The minimum absolute atomic E-state index is 0.173. The highest BCUT2D eigenvalue weighted by Gasteiger charge is 2.36. The Bertz CT molecular complexity index is 1960. The van der Waals surface area contributed by atoms with E-state index in [0.29, 0.717) is 0 Å². The smallest absolute Gasteiger partial charge is 0.0702 e. The van der Waals surface area contributed by atoms with Crippen LogP contribution in [0.15, 0.2) is 122 Å². The molecule has 0 aliphatic heterocycles. The SMILES string of the molecule is CCCCCc1ccc(-c2ccc(-c3cccc(-c4ccc(-c5ccc(C)cn5)cc4)c3C(CC)(CC)c3cc(C)cc(C)c3)cc2)nc1. The van der Waals surface area contributed by atoms with Crippen molar-refractivity contribution in [2.75, 3.05) is 0 Å². The van der Waals surface area contributed by atoms with Gasteiger partial charge >= 0.3 is 0 Å². The Labute approximate surface area is 294 Å². The van der Waals surface area contributed by atoms with Crippen LogP contribution in [0.3, 0.4) is 0 Å². The van der Waals surface area contributed by atoms with Crippen LogP contribution in [0.4, 0.5) is 0 Å². The molecule has 6 rings (SSSR count). The number of hydrogen-bond donors (Lipinski definition) is 0. The number of aryl methyl sites for hydroxylation is 4. The van der Waals surface area contributed by atoms with E-state index >= 15 is 0 Å². The lowest BCUT2D eigenvalue weighted by Gasteiger charge is -2.37. The molecule has 0 bridgehead atoms. The Morgan fingerprint density at radius 2 is 1.04 bits per heavy atom. The zero-order valence-corrected chi connectivity index (χ0v) is 30.2. The van der Waals surface area contributed by atoms with Crippen molar-refractivity contribution in [3.8, 4) is 44.8 Å². The fourth-order valence-corrected chi connectivity index (χ4v) is 7.56. The van der Waals surface area contributed by atoms with Gasteiger partial charge in [-0.05, 0) is 103 Å². The van der Waals surface area contributed by atoms with Crippen LogP contribution in [-0.2, 0) is 11.8 Å². The summed E-state index contributed by atoms with van der Waals surface area (Å²) in [6, 6.07) is 40.7. The Morgan fingerprint density at radius 3 is 1.51 bits per heavy atom. The lowest BCUT2D eigenvalue weighted by Crippen LogP contribution is -2.28. The van der Waals surface area contributed by atoms with Gasteiger partial charge in [0.2, 0.25) is 0 Å². The molecule has 0 saturated heterocycles. The van der Waals surface area contributed by atoms with Crippen molar-refractivity contribution < 1.29 is 0 Å². The summed E-state index contributed by atoms with van der Waals surface area (Å²) in [6.07, 6.45) is 10.8. The molecule has 0 aliphatic carbocycles. The number of nitrogens with zero attached hydrogens (tertiary/aromatic N) is 2. The normalized spacial score (nSPS) is 11.6. The number of benzene rings is 4. The third-order valence-electron chi connectivity index (χ3n) is 10.3. The van der Waals surface area contributed by atoms with Gasteiger partial charge in [0.25, 0.3) is 0 Å². The van der Waals surface area contributed by atoms with E-state index in [0.717, 1.165) is 41.8 Å². The molecule has 0 aliphatic rings. The van der Waals surface area contributed by atoms with Crippen LogP contribution in [0.25, 0.3) is 44.8 Å². The van der Waals surface area contributed by atoms with Crippen molar-refractivity contribution in [3.05, 3.63) is 155 Å². The fraction of sp³-hybridized carbons (Fsp3) is 0.277. The second-order valence-electron chi connectivity index (χ2n) is 13.8. The largest absolute Gasteiger partial charge is 0.256 e. The average molecular weight is 643 g/mol. The topological polar surface area (TPSA) is 25.8 Å². The van der Waals surface area contributed by atoms with Gasteiger partial charge in [-0.15, -0.1) is 0 Å². The van der Waals surface area contributed by atoms with Gasteiger partial charge in [0.05, 0.1) is 11.4 Å². The molecule has 2 heterocycles. The Kier molecular flexibility index (Phi) is 10.5. The molecular formula is C47H50N2. The van der Waals surface area contributed by atoms with E-state index in [-0.39, 0.29) is 5.41 Å². The van der Waals surface area contributed by atoms with Crippen LogP contribution in [0.5, 0.6) is 0 Å². The average Bonchev–Trinajstić information content (AvgIpc) is 3.13. The zero-order chi connectivity index (χ0) is 34.4. The van der Waals surface area contributed by atoms with Crippen molar-refractivity contribution in [1.29, 1.82) is 0 Å². The van der Waals surface area contributed by atoms with Gasteiger partial charge in [-0.25, -0.2) is 0 Å². The van der Waals surface area contributed by atoms with Crippen molar-refractivity contribution in [2.24, 2.45) is 0 Å². The van der Waals surface area contributed by atoms with E-state index < -0.39 is 0 Å². The van der Waals surface area contributed by atoms with E-state index in [9.17, 15) is 0 Å². The van der Waals surface area contributed by atoms with Crippen molar-refractivity contribution in [1.82, 2.24) is 9.97 Å². The van der Waals surface area contributed by atoms with E-state index in [1.807, 2.05) is 6.20 Å². The fourth-order valence-electron chi connectivity index (χ4n) is 7.56. The first kappa shape index (κ1) is 34.1. The number of unbranched alkanes of at least 4 members (excludes halogenated alkanes) is 2. The molecule has 0 spiro atoms. The molecule has 0 unspecified atom stereocenters. The maximum Gasteiger partial charge on any atom is 0.0702 e. The van der Waals surface area contributed by atoms with E-state index in [1.54, 1.807) is 0 Å². The van der Waals surface area contributed by atoms with E-state index in [4.69, 9.17) is 4.98 Å². The first-order valence-corrected chi connectivity index (χ1v) is 18.2. The maximum atomic E-state index is 4.85. The number of pyridine rings is 2. The molecule has 0 radical (unpaired) electrons. The van der Waals surface area contributed by atoms with Crippen LogP contribution in [-0.4, -0.2) is 9.97 Å².